The zero-order valence-electron chi connectivity index (χ0n) is 10.8. The molecule has 19 heavy (non-hydrogen) atoms. The summed E-state index contributed by atoms with van der Waals surface area (Å²) < 4.78 is 23.7. The maximum absolute atomic E-state index is 11.9. The van der Waals surface area contributed by atoms with Gasteiger partial charge in [0.2, 0.25) is 0 Å². The first-order chi connectivity index (χ1) is 8.77. The number of hydrogen-bond donors (Lipinski definition) is 2. The van der Waals surface area contributed by atoms with Crippen molar-refractivity contribution in [2.45, 2.75) is 17.6 Å². The van der Waals surface area contributed by atoms with Crippen molar-refractivity contribution in [1.82, 2.24) is 9.84 Å². The lowest BCUT2D eigenvalue weighted by Gasteiger charge is -2.10. The summed E-state index contributed by atoms with van der Waals surface area (Å²) in [5, 5.41) is 15.3. The summed E-state index contributed by atoms with van der Waals surface area (Å²) >= 11 is 0.847. The third-order valence-electron chi connectivity index (χ3n) is 1.99. The van der Waals surface area contributed by atoms with E-state index in [1.807, 2.05) is 6.92 Å². The minimum atomic E-state index is -3.77. The molecule has 0 aliphatic heterocycles. The Morgan fingerprint density at radius 1 is 1.47 bits per heavy atom. The third kappa shape index (κ3) is 4.13. The van der Waals surface area contributed by atoms with Crippen molar-refractivity contribution in [3.05, 3.63) is 16.2 Å². The first-order valence-corrected chi connectivity index (χ1v) is 7.79. The summed E-state index contributed by atoms with van der Waals surface area (Å²) in [4.78, 5) is 12.5. The van der Waals surface area contributed by atoms with E-state index in [1.165, 1.54) is 19.1 Å². The molecule has 10 heteroatoms. The van der Waals surface area contributed by atoms with Crippen molar-refractivity contribution in [2.75, 3.05) is 26.0 Å². The van der Waals surface area contributed by atoms with Crippen LogP contribution in [0.25, 0.3) is 0 Å². The molecule has 0 bridgehead atoms. The van der Waals surface area contributed by atoms with Crippen LogP contribution in [-0.4, -0.2) is 39.0 Å². The van der Waals surface area contributed by atoms with Gasteiger partial charge < -0.3 is 5.32 Å². The Hall–Kier alpha value is -1.23. The molecule has 0 aliphatic carbocycles. The van der Waals surface area contributed by atoms with E-state index in [2.05, 4.69) is 10.1 Å². The van der Waals surface area contributed by atoms with Crippen LogP contribution < -0.4 is 10.1 Å². The summed E-state index contributed by atoms with van der Waals surface area (Å²) in [6, 6.07) is 1.06. The van der Waals surface area contributed by atoms with E-state index in [0.29, 0.717) is 6.54 Å². The van der Waals surface area contributed by atoms with Gasteiger partial charge in [0.15, 0.2) is 5.00 Å². The lowest BCUT2D eigenvalue weighted by molar-refractivity contribution is -0.383. The largest absolute Gasteiger partial charge is 0.371 e. The second-order valence-electron chi connectivity index (χ2n) is 3.95. The second-order valence-corrected chi connectivity index (χ2v) is 6.89. The van der Waals surface area contributed by atoms with Gasteiger partial charge in [-0.05, 0) is 6.42 Å². The quantitative estimate of drug-likeness (QED) is 0.580. The normalized spacial score (nSPS) is 11.8. The molecule has 0 saturated heterocycles. The average Bonchev–Trinajstić information content (AvgIpc) is 2.69. The topological polar surface area (TPSA) is 105 Å². The standard InChI is InChI=1S/C9H16N4O4S2/c1-4-5-10-9-7(13(14)15)6-8(18-9)19(16,17)11-12(2)3/h6,10-11H,4-5H2,1-3H3. The summed E-state index contributed by atoms with van der Waals surface area (Å²) in [7, 11) is -0.723. The van der Waals surface area contributed by atoms with E-state index in [0.717, 1.165) is 23.8 Å². The van der Waals surface area contributed by atoms with Crippen LogP contribution >= 0.6 is 11.3 Å². The number of nitrogens with one attached hydrogen (secondary N) is 2. The second kappa shape index (κ2) is 6.28. The maximum Gasteiger partial charge on any atom is 0.304 e. The van der Waals surface area contributed by atoms with Crippen LogP contribution in [0.3, 0.4) is 0 Å². The van der Waals surface area contributed by atoms with E-state index in [-0.39, 0.29) is 14.9 Å². The van der Waals surface area contributed by atoms with Gasteiger partial charge in [-0.25, -0.2) is 13.4 Å². The van der Waals surface area contributed by atoms with E-state index in [9.17, 15) is 18.5 Å². The Kier molecular flexibility index (Phi) is 5.23. The van der Waals surface area contributed by atoms with E-state index < -0.39 is 14.9 Å². The molecular weight excluding hydrogens is 292 g/mol. The first kappa shape index (κ1) is 15.8. The molecule has 0 saturated carbocycles. The van der Waals surface area contributed by atoms with Crippen LogP contribution in [0.2, 0.25) is 0 Å². The van der Waals surface area contributed by atoms with Gasteiger partial charge in [0.25, 0.3) is 10.0 Å². The number of sulfonamides is 1. The molecule has 0 aliphatic rings. The van der Waals surface area contributed by atoms with Crippen LogP contribution in [-0.2, 0) is 10.0 Å². The highest BCUT2D eigenvalue weighted by molar-refractivity contribution is 7.91. The van der Waals surface area contributed by atoms with Crippen LogP contribution in [0, 0.1) is 10.1 Å². The van der Waals surface area contributed by atoms with Gasteiger partial charge in [-0.3, -0.25) is 10.1 Å². The molecule has 0 aromatic carbocycles. The van der Waals surface area contributed by atoms with Crippen molar-refractivity contribution in [3.8, 4) is 0 Å². The highest BCUT2D eigenvalue weighted by Crippen LogP contribution is 2.36. The van der Waals surface area contributed by atoms with Crippen molar-refractivity contribution >= 4 is 32.0 Å². The monoisotopic (exact) mass is 308 g/mol. The van der Waals surface area contributed by atoms with Gasteiger partial charge in [0.1, 0.15) is 4.21 Å². The van der Waals surface area contributed by atoms with Gasteiger partial charge in [-0.1, -0.05) is 18.3 Å². The molecule has 2 N–H and O–H groups in total. The van der Waals surface area contributed by atoms with Crippen LogP contribution in [0.1, 0.15) is 13.3 Å². The molecule has 1 heterocycles. The van der Waals surface area contributed by atoms with Crippen LogP contribution in [0.4, 0.5) is 10.7 Å². The average molecular weight is 308 g/mol. The minimum absolute atomic E-state index is 0.0912. The Bertz CT molecular complexity index is 553. The SMILES string of the molecule is CCCNc1sc(S(=O)(=O)NN(C)C)cc1[N+](=O)[O-]. The summed E-state index contributed by atoms with van der Waals surface area (Å²) in [5.74, 6) is 0. The van der Waals surface area contributed by atoms with Crippen molar-refractivity contribution in [1.29, 1.82) is 0 Å². The predicted molar refractivity (Wildman–Crippen MR) is 73.8 cm³/mol. The van der Waals surface area contributed by atoms with E-state index in [4.69, 9.17) is 0 Å². The molecule has 0 radical (unpaired) electrons. The molecule has 0 unspecified atom stereocenters. The number of rotatable bonds is 7. The third-order valence-corrected chi connectivity index (χ3v) is 5.03. The Morgan fingerprint density at radius 3 is 2.58 bits per heavy atom. The molecule has 1 aromatic heterocycles. The first-order valence-electron chi connectivity index (χ1n) is 5.49. The van der Waals surface area contributed by atoms with Gasteiger partial charge >= 0.3 is 5.69 Å². The molecule has 1 aromatic rings. The predicted octanol–water partition coefficient (Wildman–Crippen LogP) is 1.23. The molecule has 108 valence electrons. The molecule has 0 spiro atoms. The number of nitrogens with zero attached hydrogens (tertiary/aromatic N) is 2. The highest BCUT2D eigenvalue weighted by atomic mass is 32.2. The molecule has 0 atom stereocenters. The van der Waals surface area contributed by atoms with Gasteiger partial charge in [0.05, 0.1) is 4.92 Å². The van der Waals surface area contributed by atoms with Gasteiger partial charge in [0, 0.05) is 26.7 Å². The molecule has 0 amide bonds. The molecule has 8 nitrogen and oxygen atoms in total. The molecular formula is C9H16N4O4S2. The summed E-state index contributed by atoms with van der Waals surface area (Å²) in [6.45, 7) is 2.46. The zero-order chi connectivity index (χ0) is 14.6. The number of anilines is 1. The van der Waals surface area contributed by atoms with Gasteiger partial charge in [-0.2, -0.15) is 0 Å². The lowest BCUT2D eigenvalue weighted by atomic mass is 10.4. The zero-order valence-corrected chi connectivity index (χ0v) is 12.5. The van der Waals surface area contributed by atoms with Crippen LogP contribution in [0.5, 0.6) is 0 Å². The maximum atomic E-state index is 11.9. The fourth-order valence-electron chi connectivity index (χ4n) is 1.28. The van der Waals surface area contributed by atoms with Gasteiger partial charge in [-0.15, -0.1) is 4.83 Å². The summed E-state index contributed by atoms with van der Waals surface area (Å²) in [5.41, 5.74) is -0.224. The van der Waals surface area contributed by atoms with E-state index in [1.54, 1.807) is 0 Å². The summed E-state index contributed by atoms with van der Waals surface area (Å²) in [6.07, 6.45) is 0.785. The number of thiophene rings is 1. The van der Waals surface area contributed by atoms with E-state index >= 15 is 0 Å². The molecule has 1 rings (SSSR count). The van der Waals surface area contributed by atoms with Crippen molar-refractivity contribution in [3.63, 3.8) is 0 Å². The van der Waals surface area contributed by atoms with Crippen molar-refractivity contribution in [2.24, 2.45) is 0 Å². The Labute approximate surface area is 115 Å². The minimum Gasteiger partial charge on any atom is -0.371 e. The number of hydrogen-bond acceptors (Lipinski definition) is 7. The lowest BCUT2D eigenvalue weighted by Crippen LogP contribution is -2.35. The van der Waals surface area contributed by atoms with Crippen LogP contribution in [0.15, 0.2) is 10.3 Å². The Morgan fingerprint density at radius 2 is 2.11 bits per heavy atom. The van der Waals surface area contributed by atoms with Crippen molar-refractivity contribution < 1.29 is 13.3 Å². The highest BCUT2D eigenvalue weighted by Gasteiger charge is 2.26. The number of nitro groups is 1. The smallest absolute Gasteiger partial charge is 0.304 e. The number of hydrazine groups is 1. The fraction of sp³-hybridized carbons (Fsp3) is 0.556. The fourth-order valence-corrected chi connectivity index (χ4v) is 3.70. The Balaban J connectivity index is 3.13. The molecule has 0 fully saturated rings.